The number of nitrogens with zero attached hydrogens (tertiary/aromatic N) is 2. The third-order valence-corrected chi connectivity index (χ3v) is 9.18. The van der Waals surface area contributed by atoms with E-state index in [0.717, 1.165) is 17.5 Å². The lowest BCUT2D eigenvalue weighted by Crippen LogP contribution is -2.48. The van der Waals surface area contributed by atoms with Crippen molar-refractivity contribution in [3.05, 3.63) is 76.0 Å². The van der Waals surface area contributed by atoms with Crippen molar-refractivity contribution in [2.45, 2.75) is 37.6 Å². The molecule has 0 spiro atoms. The first-order valence-corrected chi connectivity index (χ1v) is 14.4. The maximum Gasteiger partial charge on any atom is 0.243 e. The third kappa shape index (κ3) is 5.58. The molecule has 0 saturated carbocycles. The lowest BCUT2D eigenvalue weighted by Gasteiger charge is -2.37. The molecule has 9 heteroatoms. The Labute approximate surface area is 217 Å². The third-order valence-electron chi connectivity index (χ3n) is 6.32. The minimum atomic E-state index is -3.81. The zero-order valence-corrected chi connectivity index (χ0v) is 22.5. The summed E-state index contributed by atoms with van der Waals surface area (Å²) in [5, 5.41) is 2.03. The van der Waals surface area contributed by atoms with Gasteiger partial charge in [0.15, 0.2) is 11.5 Å². The van der Waals surface area contributed by atoms with E-state index >= 15 is 0 Å². The van der Waals surface area contributed by atoms with Gasteiger partial charge >= 0.3 is 0 Å². The SMILES string of the molecule is CCCN(CC(=O)N1CCc2sccc2[C@@H]1COc1ccccc1OC)S(=O)(=O)c1ccc(C)cc1. The minimum absolute atomic E-state index is 0.198. The normalized spacial score (nSPS) is 15.6. The van der Waals surface area contributed by atoms with E-state index in [1.807, 2.05) is 49.6 Å². The number of hydrogen-bond acceptors (Lipinski definition) is 6. The molecule has 1 amide bonds. The average Bonchev–Trinajstić information content (AvgIpc) is 3.36. The summed E-state index contributed by atoms with van der Waals surface area (Å²) in [5.41, 5.74) is 2.03. The molecule has 0 aliphatic carbocycles. The van der Waals surface area contributed by atoms with Crippen LogP contribution in [0.4, 0.5) is 0 Å². The van der Waals surface area contributed by atoms with Gasteiger partial charge in [-0.15, -0.1) is 11.3 Å². The lowest BCUT2D eigenvalue weighted by molar-refractivity contribution is -0.135. The van der Waals surface area contributed by atoms with Crippen LogP contribution in [-0.2, 0) is 21.2 Å². The van der Waals surface area contributed by atoms with Crippen LogP contribution < -0.4 is 9.47 Å². The van der Waals surface area contributed by atoms with E-state index in [0.29, 0.717) is 24.5 Å². The van der Waals surface area contributed by atoms with Gasteiger partial charge in [0.1, 0.15) is 6.61 Å². The largest absolute Gasteiger partial charge is 0.493 e. The van der Waals surface area contributed by atoms with Crippen LogP contribution in [0.5, 0.6) is 11.5 Å². The fourth-order valence-electron chi connectivity index (χ4n) is 4.42. The van der Waals surface area contributed by atoms with Crippen LogP contribution in [0.3, 0.4) is 0 Å². The molecule has 0 radical (unpaired) electrons. The second-order valence-corrected chi connectivity index (χ2v) is 11.7. The van der Waals surface area contributed by atoms with E-state index in [1.165, 1.54) is 9.18 Å². The fourth-order valence-corrected chi connectivity index (χ4v) is 6.83. The number of benzene rings is 2. The van der Waals surface area contributed by atoms with Gasteiger partial charge in [0, 0.05) is 18.0 Å². The van der Waals surface area contributed by atoms with Crippen molar-refractivity contribution in [2.24, 2.45) is 0 Å². The van der Waals surface area contributed by atoms with Gasteiger partial charge in [0.05, 0.1) is 24.6 Å². The second-order valence-electron chi connectivity index (χ2n) is 8.77. The molecular formula is C27H32N2O5S2. The number of para-hydroxylation sites is 2. The Hall–Kier alpha value is -2.88. The van der Waals surface area contributed by atoms with Crippen molar-refractivity contribution in [3.63, 3.8) is 0 Å². The molecule has 2 aromatic carbocycles. The monoisotopic (exact) mass is 528 g/mol. The molecule has 1 aromatic heterocycles. The van der Waals surface area contributed by atoms with Gasteiger partial charge in [-0.3, -0.25) is 4.79 Å². The Kier molecular flexibility index (Phi) is 8.33. The van der Waals surface area contributed by atoms with E-state index in [-0.39, 0.29) is 36.5 Å². The number of rotatable bonds is 10. The summed E-state index contributed by atoms with van der Waals surface area (Å²) in [6, 6.07) is 15.9. The van der Waals surface area contributed by atoms with Gasteiger partial charge < -0.3 is 14.4 Å². The summed E-state index contributed by atoms with van der Waals surface area (Å²) in [7, 11) is -2.22. The van der Waals surface area contributed by atoms with Crippen molar-refractivity contribution >= 4 is 27.3 Å². The van der Waals surface area contributed by atoms with Crippen molar-refractivity contribution in [1.29, 1.82) is 0 Å². The van der Waals surface area contributed by atoms with Gasteiger partial charge in [-0.1, -0.05) is 36.8 Å². The average molecular weight is 529 g/mol. The van der Waals surface area contributed by atoms with Gasteiger partial charge in [0.2, 0.25) is 15.9 Å². The molecule has 0 bridgehead atoms. The Bertz CT molecular complexity index is 1290. The highest BCUT2D eigenvalue weighted by molar-refractivity contribution is 7.89. The molecule has 0 fully saturated rings. The topological polar surface area (TPSA) is 76.2 Å². The molecule has 0 saturated heterocycles. The van der Waals surface area contributed by atoms with Gasteiger partial charge in [-0.2, -0.15) is 4.31 Å². The summed E-state index contributed by atoms with van der Waals surface area (Å²) < 4.78 is 39.6. The maximum atomic E-state index is 13.6. The Balaban J connectivity index is 1.57. The van der Waals surface area contributed by atoms with Crippen LogP contribution in [-0.4, -0.2) is 56.9 Å². The number of sulfonamides is 1. The van der Waals surface area contributed by atoms with Crippen molar-refractivity contribution in [2.75, 3.05) is 33.4 Å². The van der Waals surface area contributed by atoms with E-state index in [2.05, 4.69) is 0 Å². The van der Waals surface area contributed by atoms with E-state index in [1.54, 1.807) is 47.6 Å². The van der Waals surface area contributed by atoms with E-state index < -0.39 is 10.0 Å². The van der Waals surface area contributed by atoms with Crippen LogP contribution >= 0.6 is 11.3 Å². The summed E-state index contributed by atoms with van der Waals surface area (Å²) in [4.78, 5) is 16.8. The number of carbonyl (C=O) groups is 1. The van der Waals surface area contributed by atoms with Crippen LogP contribution in [0.1, 0.15) is 35.4 Å². The number of thiophene rings is 1. The number of hydrogen-bond donors (Lipinski definition) is 0. The number of fused-ring (bicyclic) bond motifs is 1. The number of amides is 1. The molecule has 36 heavy (non-hydrogen) atoms. The van der Waals surface area contributed by atoms with Crippen LogP contribution in [0, 0.1) is 6.92 Å². The molecule has 1 aliphatic heterocycles. The standard InChI is InChI=1S/C27H32N2O5S2/c1-4-15-28(36(31,32)21-11-9-20(2)10-12-21)18-27(30)29-16-13-26-22(14-17-35-26)23(29)19-34-25-8-6-5-7-24(25)33-3/h5-12,14,17,23H,4,13,15-16,18-19H2,1-3H3/t23-/m0/s1. The lowest BCUT2D eigenvalue weighted by atomic mass is 10.0. The fraction of sp³-hybridized carbons (Fsp3) is 0.370. The zero-order chi connectivity index (χ0) is 25.7. The highest BCUT2D eigenvalue weighted by Crippen LogP contribution is 2.35. The quantitative estimate of drug-likeness (QED) is 0.382. The number of carbonyl (C=O) groups excluding carboxylic acids is 1. The summed E-state index contributed by atoms with van der Waals surface area (Å²) in [6.45, 7) is 4.62. The van der Waals surface area contributed by atoms with Crippen molar-refractivity contribution in [1.82, 2.24) is 9.21 Å². The maximum absolute atomic E-state index is 13.6. The van der Waals surface area contributed by atoms with Crippen LogP contribution in [0.15, 0.2) is 64.9 Å². The molecule has 192 valence electrons. The first kappa shape index (κ1) is 26.2. The minimum Gasteiger partial charge on any atom is -0.493 e. The number of ether oxygens (including phenoxy) is 2. The van der Waals surface area contributed by atoms with Crippen LogP contribution in [0.25, 0.3) is 0 Å². The molecule has 2 heterocycles. The Morgan fingerprint density at radius 2 is 1.83 bits per heavy atom. The predicted molar refractivity (Wildman–Crippen MR) is 141 cm³/mol. The summed E-state index contributed by atoms with van der Waals surface area (Å²) >= 11 is 1.67. The molecule has 1 aliphatic rings. The first-order valence-electron chi connectivity index (χ1n) is 12.0. The highest BCUT2D eigenvalue weighted by atomic mass is 32.2. The molecule has 7 nitrogen and oxygen atoms in total. The Morgan fingerprint density at radius 1 is 1.11 bits per heavy atom. The Morgan fingerprint density at radius 3 is 2.53 bits per heavy atom. The van der Waals surface area contributed by atoms with E-state index in [4.69, 9.17) is 9.47 Å². The first-order chi connectivity index (χ1) is 17.3. The molecule has 0 unspecified atom stereocenters. The molecule has 3 aromatic rings. The van der Waals surface area contributed by atoms with E-state index in [9.17, 15) is 13.2 Å². The van der Waals surface area contributed by atoms with Crippen molar-refractivity contribution < 1.29 is 22.7 Å². The van der Waals surface area contributed by atoms with Gasteiger partial charge in [-0.05, 0) is 61.0 Å². The van der Waals surface area contributed by atoms with Crippen molar-refractivity contribution in [3.8, 4) is 11.5 Å². The van der Waals surface area contributed by atoms with Crippen LogP contribution in [0.2, 0.25) is 0 Å². The number of methoxy groups -OCH3 is 1. The predicted octanol–water partition coefficient (Wildman–Crippen LogP) is 4.67. The smallest absolute Gasteiger partial charge is 0.243 e. The summed E-state index contributed by atoms with van der Waals surface area (Å²) in [5.74, 6) is 0.990. The second kappa shape index (κ2) is 11.5. The summed E-state index contributed by atoms with van der Waals surface area (Å²) in [6.07, 6.45) is 1.34. The molecule has 4 rings (SSSR count). The highest BCUT2D eigenvalue weighted by Gasteiger charge is 2.35. The zero-order valence-electron chi connectivity index (χ0n) is 20.8. The molecular weight excluding hydrogens is 496 g/mol. The van der Waals surface area contributed by atoms with Gasteiger partial charge in [0.25, 0.3) is 0 Å². The number of aryl methyl sites for hydroxylation is 1. The molecule has 1 atom stereocenters. The molecule has 0 N–H and O–H groups in total. The van der Waals surface area contributed by atoms with Gasteiger partial charge in [-0.25, -0.2) is 8.42 Å².